The van der Waals surface area contributed by atoms with E-state index in [1.165, 1.54) is 4.88 Å². The van der Waals surface area contributed by atoms with Gasteiger partial charge in [-0.1, -0.05) is 6.07 Å². The molecular weight excluding hydrogens is 382 g/mol. The molecule has 0 aliphatic carbocycles. The summed E-state index contributed by atoms with van der Waals surface area (Å²) in [6.07, 6.45) is 1.82. The minimum Gasteiger partial charge on any atom is -0.383 e. The van der Waals surface area contributed by atoms with Gasteiger partial charge in [-0.3, -0.25) is 4.98 Å². The molecule has 2 atom stereocenters. The number of aromatic nitrogens is 1. The Bertz CT molecular complexity index is 649. The topological polar surface area (TPSA) is 37.4 Å². The van der Waals surface area contributed by atoms with Crippen LogP contribution in [0.5, 0.6) is 0 Å². The molecule has 22 heavy (non-hydrogen) atoms. The molecule has 1 N–H and O–H groups in total. The van der Waals surface area contributed by atoms with Crippen LogP contribution in [0, 0.1) is 0 Å². The summed E-state index contributed by atoms with van der Waals surface area (Å²) >= 11 is 10.8. The van der Waals surface area contributed by atoms with E-state index in [9.17, 15) is 0 Å². The van der Waals surface area contributed by atoms with Gasteiger partial charge in [0.2, 0.25) is 0 Å². The van der Waals surface area contributed by atoms with Gasteiger partial charge in [0.25, 0.3) is 0 Å². The van der Waals surface area contributed by atoms with Crippen LogP contribution < -0.4 is 5.32 Å². The maximum absolute atomic E-state index is 5.54. The maximum atomic E-state index is 5.54. The maximum Gasteiger partial charge on any atom is 0.170 e. The van der Waals surface area contributed by atoms with Crippen LogP contribution in [-0.4, -0.2) is 35.3 Å². The second-order valence-corrected chi connectivity index (χ2v) is 7.84. The molecule has 1 aliphatic heterocycles. The van der Waals surface area contributed by atoms with Gasteiger partial charge in [0.15, 0.2) is 5.11 Å². The summed E-state index contributed by atoms with van der Waals surface area (Å²) in [4.78, 5) is 7.95. The molecule has 116 valence electrons. The van der Waals surface area contributed by atoms with Crippen molar-refractivity contribution in [3.63, 3.8) is 0 Å². The Kier molecular flexibility index (Phi) is 5.07. The minimum absolute atomic E-state index is 0.0520. The monoisotopic (exact) mass is 397 g/mol. The van der Waals surface area contributed by atoms with Crippen LogP contribution in [0.25, 0.3) is 0 Å². The molecule has 0 bridgehead atoms. The Labute approximate surface area is 147 Å². The highest BCUT2D eigenvalue weighted by Crippen LogP contribution is 2.41. The second kappa shape index (κ2) is 7.04. The highest BCUT2D eigenvalue weighted by Gasteiger charge is 2.40. The zero-order valence-corrected chi connectivity index (χ0v) is 15.2. The van der Waals surface area contributed by atoms with Crippen LogP contribution in [-0.2, 0) is 4.74 Å². The van der Waals surface area contributed by atoms with Crippen molar-refractivity contribution in [3.05, 3.63) is 50.9 Å². The van der Waals surface area contributed by atoms with Gasteiger partial charge >= 0.3 is 0 Å². The van der Waals surface area contributed by atoms with Crippen LogP contribution >= 0.6 is 39.5 Å². The molecule has 3 rings (SSSR count). The molecule has 2 unspecified atom stereocenters. The van der Waals surface area contributed by atoms with Crippen LogP contribution in [0.15, 0.2) is 40.3 Å². The number of hydrogen-bond acceptors (Lipinski definition) is 4. The summed E-state index contributed by atoms with van der Waals surface area (Å²) in [5, 5.41) is 4.17. The van der Waals surface area contributed by atoms with Crippen molar-refractivity contribution in [3.8, 4) is 0 Å². The third-order valence-corrected chi connectivity index (χ3v) is 5.67. The Morgan fingerprint density at radius 1 is 1.41 bits per heavy atom. The normalized spacial score (nSPS) is 21.2. The van der Waals surface area contributed by atoms with Crippen molar-refractivity contribution >= 4 is 44.6 Å². The average molecular weight is 398 g/mol. The summed E-state index contributed by atoms with van der Waals surface area (Å²) in [7, 11) is 1.71. The van der Waals surface area contributed by atoms with Crippen molar-refractivity contribution < 1.29 is 4.74 Å². The summed E-state index contributed by atoms with van der Waals surface area (Å²) in [6, 6.07) is 10.4. The van der Waals surface area contributed by atoms with Gasteiger partial charge in [-0.05, 0) is 52.4 Å². The third-order valence-electron chi connectivity index (χ3n) is 3.62. The minimum atomic E-state index is 0.0520. The second-order valence-electron chi connectivity index (χ2n) is 4.95. The van der Waals surface area contributed by atoms with E-state index in [-0.39, 0.29) is 12.1 Å². The first-order chi connectivity index (χ1) is 10.7. The predicted molar refractivity (Wildman–Crippen MR) is 96.1 cm³/mol. The van der Waals surface area contributed by atoms with Crippen molar-refractivity contribution in [1.82, 2.24) is 15.2 Å². The van der Waals surface area contributed by atoms with Gasteiger partial charge in [-0.15, -0.1) is 11.3 Å². The molecule has 3 heterocycles. The molecule has 4 nitrogen and oxygen atoms in total. The van der Waals surface area contributed by atoms with Crippen molar-refractivity contribution in [2.45, 2.75) is 12.1 Å². The van der Waals surface area contributed by atoms with E-state index in [1.54, 1.807) is 18.4 Å². The number of methoxy groups -OCH3 is 1. The lowest BCUT2D eigenvalue weighted by molar-refractivity contribution is 0.164. The van der Waals surface area contributed by atoms with Gasteiger partial charge in [0.1, 0.15) is 0 Å². The molecule has 0 radical (unpaired) electrons. The van der Waals surface area contributed by atoms with Crippen LogP contribution in [0.3, 0.4) is 0 Å². The molecule has 0 spiro atoms. The van der Waals surface area contributed by atoms with E-state index in [2.05, 4.69) is 43.3 Å². The molecule has 2 aromatic heterocycles. The fourth-order valence-corrected chi connectivity index (χ4v) is 4.54. The smallest absolute Gasteiger partial charge is 0.170 e. The molecule has 0 saturated carbocycles. The van der Waals surface area contributed by atoms with Crippen LogP contribution in [0.2, 0.25) is 0 Å². The van der Waals surface area contributed by atoms with E-state index in [0.717, 1.165) is 21.1 Å². The first-order valence-corrected chi connectivity index (χ1v) is 8.94. The van der Waals surface area contributed by atoms with E-state index in [0.29, 0.717) is 6.61 Å². The Balaban J connectivity index is 1.96. The Morgan fingerprint density at radius 2 is 2.27 bits per heavy atom. The fraction of sp³-hybridized carbons (Fsp3) is 0.333. The molecule has 1 fully saturated rings. The molecule has 0 amide bonds. The van der Waals surface area contributed by atoms with Crippen molar-refractivity contribution in [1.29, 1.82) is 0 Å². The Morgan fingerprint density at radius 3 is 2.91 bits per heavy atom. The van der Waals surface area contributed by atoms with Gasteiger partial charge in [0.05, 0.1) is 28.2 Å². The number of thiophene rings is 1. The van der Waals surface area contributed by atoms with E-state index in [4.69, 9.17) is 17.0 Å². The lowest BCUT2D eigenvalue weighted by atomic mass is 10.0. The van der Waals surface area contributed by atoms with Gasteiger partial charge in [-0.2, -0.15) is 0 Å². The molecular formula is C15H16BrN3OS2. The highest BCUT2D eigenvalue weighted by atomic mass is 79.9. The van der Waals surface area contributed by atoms with E-state index < -0.39 is 0 Å². The highest BCUT2D eigenvalue weighted by molar-refractivity contribution is 9.11. The quantitative estimate of drug-likeness (QED) is 0.781. The molecule has 0 aromatic carbocycles. The van der Waals surface area contributed by atoms with Crippen molar-refractivity contribution in [2.24, 2.45) is 0 Å². The first kappa shape index (κ1) is 15.9. The lowest BCUT2D eigenvalue weighted by Crippen LogP contribution is -2.32. The number of nitrogens with zero attached hydrogens (tertiary/aromatic N) is 2. The summed E-state index contributed by atoms with van der Waals surface area (Å²) in [5.41, 5.74) is 0.999. The molecule has 2 aromatic rings. The molecule has 7 heteroatoms. The number of thiocarbonyl (C=S) groups is 1. The van der Waals surface area contributed by atoms with Gasteiger partial charge in [0, 0.05) is 24.7 Å². The van der Waals surface area contributed by atoms with Crippen LogP contribution in [0.1, 0.15) is 22.7 Å². The number of rotatable bonds is 5. The molecule has 1 aliphatic rings. The predicted octanol–water partition coefficient (Wildman–Crippen LogP) is 3.52. The first-order valence-electron chi connectivity index (χ1n) is 6.93. The summed E-state index contributed by atoms with van der Waals surface area (Å²) in [5.74, 6) is 0. The number of pyridine rings is 1. The number of halogens is 1. The Hall–Kier alpha value is -1.02. The van der Waals surface area contributed by atoms with E-state index >= 15 is 0 Å². The van der Waals surface area contributed by atoms with Gasteiger partial charge < -0.3 is 15.0 Å². The standard InChI is InChI=1S/C15H16BrN3OS2/c1-20-9-8-19-14(11-5-6-12(16)22-11)13(18-15(19)21)10-4-2-3-7-17-10/h2-7,13-14H,8-9H2,1H3,(H,18,21). The van der Waals surface area contributed by atoms with E-state index in [1.807, 2.05) is 24.4 Å². The van der Waals surface area contributed by atoms with Crippen molar-refractivity contribution in [2.75, 3.05) is 20.3 Å². The molecule has 1 saturated heterocycles. The SMILES string of the molecule is COCCN1C(=S)NC(c2ccccn2)C1c1ccc(Br)s1. The lowest BCUT2D eigenvalue weighted by Gasteiger charge is -2.26. The number of hydrogen-bond donors (Lipinski definition) is 1. The van der Waals surface area contributed by atoms with Gasteiger partial charge in [-0.25, -0.2) is 0 Å². The third kappa shape index (κ3) is 3.17. The summed E-state index contributed by atoms with van der Waals surface area (Å²) in [6.45, 7) is 1.39. The summed E-state index contributed by atoms with van der Waals surface area (Å²) < 4.78 is 6.35. The fourth-order valence-electron chi connectivity index (χ4n) is 2.63. The number of ether oxygens (including phenoxy) is 1. The largest absolute Gasteiger partial charge is 0.383 e. The zero-order chi connectivity index (χ0) is 15.5. The number of nitrogens with one attached hydrogen (secondary N) is 1. The zero-order valence-electron chi connectivity index (χ0n) is 12.0. The average Bonchev–Trinajstić information content (AvgIpc) is 3.09. The van der Waals surface area contributed by atoms with Crippen LogP contribution in [0.4, 0.5) is 0 Å².